The van der Waals surface area contributed by atoms with E-state index in [1.165, 1.54) is 30.4 Å². The number of halogens is 3. The van der Waals surface area contributed by atoms with E-state index in [2.05, 4.69) is 5.32 Å². The van der Waals surface area contributed by atoms with Crippen LogP contribution in [0.25, 0.3) is 10.4 Å². The van der Waals surface area contributed by atoms with Gasteiger partial charge in [-0.1, -0.05) is 12.1 Å². The monoisotopic (exact) mass is 359 g/mol. The molecule has 24 heavy (non-hydrogen) atoms. The highest BCUT2D eigenvalue weighted by molar-refractivity contribution is 7.15. The maximum absolute atomic E-state index is 12.6. The number of rotatable bonds is 6. The fourth-order valence-corrected chi connectivity index (χ4v) is 2.94. The first kappa shape index (κ1) is 18.4. The summed E-state index contributed by atoms with van der Waals surface area (Å²) in [7, 11) is 0. The van der Waals surface area contributed by atoms with Gasteiger partial charge >= 0.3 is 12.1 Å². The van der Waals surface area contributed by atoms with Gasteiger partial charge in [0, 0.05) is 22.8 Å². The van der Waals surface area contributed by atoms with Crippen molar-refractivity contribution in [2.24, 2.45) is 0 Å². The van der Waals surface area contributed by atoms with Crippen molar-refractivity contribution in [3.8, 4) is 10.4 Å². The molecule has 1 unspecified atom stereocenters. The van der Waals surface area contributed by atoms with Gasteiger partial charge < -0.3 is 15.5 Å². The minimum absolute atomic E-state index is 0.115. The summed E-state index contributed by atoms with van der Waals surface area (Å²) in [4.78, 5) is 12.5. The Bertz CT molecular complexity index is 708. The number of alkyl halides is 3. The van der Waals surface area contributed by atoms with Crippen LogP contribution >= 0.6 is 11.3 Å². The average molecular weight is 359 g/mol. The molecule has 0 aliphatic carbocycles. The lowest BCUT2D eigenvalue weighted by Crippen LogP contribution is -2.44. The maximum Gasteiger partial charge on any atom is 0.416 e. The zero-order chi connectivity index (χ0) is 18.0. The third kappa shape index (κ3) is 4.56. The summed E-state index contributed by atoms with van der Waals surface area (Å²) in [5, 5.41) is 21.2. The highest BCUT2D eigenvalue weighted by atomic mass is 32.1. The molecule has 2 aromatic rings. The number of aliphatic carboxylic acids is 1. The third-order valence-electron chi connectivity index (χ3n) is 3.39. The molecular formula is C16H16F3NO3S. The van der Waals surface area contributed by atoms with Gasteiger partial charge in [0.05, 0.1) is 5.56 Å². The molecule has 2 rings (SSSR count). The summed E-state index contributed by atoms with van der Waals surface area (Å²) < 4.78 is 37.7. The Labute approximate surface area is 140 Å². The molecule has 0 bridgehead atoms. The summed E-state index contributed by atoms with van der Waals surface area (Å²) >= 11 is 1.39. The van der Waals surface area contributed by atoms with Crippen LogP contribution in [0.4, 0.5) is 13.2 Å². The highest BCUT2D eigenvalue weighted by Gasteiger charge is 2.30. The van der Waals surface area contributed by atoms with Gasteiger partial charge in [0.15, 0.2) is 5.60 Å². The SMILES string of the molecule is CC(O)(CNCc1ccc(-c2ccc(C(F)(F)F)cc2)s1)C(=O)O. The minimum Gasteiger partial charge on any atom is -0.479 e. The molecule has 0 fully saturated rings. The maximum atomic E-state index is 12.6. The standard InChI is InChI=1S/C16H16F3NO3S/c1-15(23,14(21)22)9-20-8-12-6-7-13(24-12)10-2-4-11(5-3-10)16(17,18)19/h2-7,20,23H,8-9H2,1H3,(H,21,22). The Morgan fingerprint density at radius 3 is 2.33 bits per heavy atom. The van der Waals surface area contributed by atoms with Crippen LogP contribution in [0, 0.1) is 0 Å². The molecule has 1 atom stereocenters. The van der Waals surface area contributed by atoms with Crippen LogP contribution in [0.3, 0.4) is 0 Å². The van der Waals surface area contributed by atoms with Gasteiger partial charge in [-0.05, 0) is 36.8 Å². The van der Waals surface area contributed by atoms with Gasteiger partial charge in [0.2, 0.25) is 0 Å². The normalized spacial score (nSPS) is 14.4. The molecule has 0 amide bonds. The molecule has 8 heteroatoms. The van der Waals surface area contributed by atoms with Gasteiger partial charge in [-0.3, -0.25) is 0 Å². The van der Waals surface area contributed by atoms with Crippen LogP contribution in [-0.4, -0.2) is 28.3 Å². The Kier molecular flexibility index (Phi) is 5.32. The minimum atomic E-state index is -4.36. The Morgan fingerprint density at radius 1 is 1.17 bits per heavy atom. The molecule has 0 aliphatic rings. The number of benzene rings is 1. The van der Waals surface area contributed by atoms with E-state index in [0.717, 1.165) is 21.9 Å². The summed E-state index contributed by atoms with van der Waals surface area (Å²) in [6.07, 6.45) is -4.36. The van der Waals surface area contributed by atoms with Crippen molar-refractivity contribution in [2.75, 3.05) is 6.54 Å². The Balaban J connectivity index is 1.99. The van der Waals surface area contributed by atoms with E-state index < -0.39 is 23.3 Å². The topological polar surface area (TPSA) is 69.6 Å². The van der Waals surface area contributed by atoms with Crippen LogP contribution in [-0.2, 0) is 17.5 Å². The predicted octanol–water partition coefficient (Wildman–Crippen LogP) is 3.36. The van der Waals surface area contributed by atoms with Crippen LogP contribution in [0.2, 0.25) is 0 Å². The first-order valence-electron chi connectivity index (χ1n) is 7.02. The van der Waals surface area contributed by atoms with Crippen LogP contribution in [0.1, 0.15) is 17.4 Å². The summed E-state index contributed by atoms with van der Waals surface area (Å²) in [6.45, 7) is 1.44. The largest absolute Gasteiger partial charge is 0.479 e. The lowest BCUT2D eigenvalue weighted by Gasteiger charge is -2.17. The predicted molar refractivity (Wildman–Crippen MR) is 84.7 cm³/mol. The van der Waals surface area contributed by atoms with E-state index in [1.807, 2.05) is 0 Å². The number of aliphatic hydroxyl groups is 1. The van der Waals surface area contributed by atoms with Crippen LogP contribution < -0.4 is 5.32 Å². The van der Waals surface area contributed by atoms with E-state index in [9.17, 15) is 23.1 Å². The highest BCUT2D eigenvalue weighted by Crippen LogP contribution is 2.33. The molecule has 4 nitrogen and oxygen atoms in total. The van der Waals surface area contributed by atoms with Gasteiger partial charge in [-0.25, -0.2) is 4.79 Å². The van der Waals surface area contributed by atoms with E-state index in [4.69, 9.17) is 5.11 Å². The van der Waals surface area contributed by atoms with Gasteiger partial charge in [-0.2, -0.15) is 13.2 Å². The lowest BCUT2D eigenvalue weighted by atomic mass is 10.1. The molecule has 0 aliphatic heterocycles. The van der Waals surface area contributed by atoms with E-state index in [-0.39, 0.29) is 6.54 Å². The molecule has 1 heterocycles. The van der Waals surface area contributed by atoms with Crippen LogP contribution in [0.5, 0.6) is 0 Å². The summed E-state index contributed by atoms with van der Waals surface area (Å²) in [5.74, 6) is -1.31. The molecular weight excluding hydrogens is 343 g/mol. The Morgan fingerprint density at radius 2 is 1.79 bits per heavy atom. The average Bonchev–Trinajstić information content (AvgIpc) is 2.95. The molecule has 0 saturated heterocycles. The van der Waals surface area contributed by atoms with Crippen LogP contribution in [0.15, 0.2) is 36.4 Å². The first-order valence-corrected chi connectivity index (χ1v) is 7.84. The zero-order valence-electron chi connectivity index (χ0n) is 12.7. The Hall–Kier alpha value is -1.90. The van der Waals surface area contributed by atoms with Crippen molar-refractivity contribution in [1.29, 1.82) is 0 Å². The van der Waals surface area contributed by atoms with Gasteiger partial charge in [-0.15, -0.1) is 11.3 Å². The summed E-state index contributed by atoms with van der Waals surface area (Å²) in [5.41, 5.74) is -1.87. The molecule has 0 saturated carbocycles. The van der Waals surface area contributed by atoms with Gasteiger partial charge in [0.25, 0.3) is 0 Å². The molecule has 1 aromatic heterocycles. The lowest BCUT2D eigenvalue weighted by molar-refractivity contribution is -0.156. The zero-order valence-corrected chi connectivity index (χ0v) is 13.5. The molecule has 130 valence electrons. The number of carboxylic acid groups (broad SMARTS) is 1. The van der Waals surface area contributed by atoms with Crippen molar-refractivity contribution in [3.05, 3.63) is 46.8 Å². The third-order valence-corrected chi connectivity index (χ3v) is 4.52. The van der Waals surface area contributed by atoms with E-state index >= 15 is 0 Å². The van der Waals surface area contributed by atoms with Crippen molar-refractivity contribution >= 4 is 17.3 Å². The van der Waals surface area contributed by atoms with Crippen molar-refractivity contribution in [2.45, 2.75) is 25.2 Å². The molecule has 1 aromatic carbocycles. The fourth-order valence-electron chi connectivity index (χ4n) is 1.96. The smallest absolute Gasteiger partial charge is 0.416 e. The quantitative estimate of drug-likeness (QED) is 0.740. The van der Waals surface area contributed by atoms with Crippen molar-refractivity contribution < 1.29 is 28.2 Å². The number of nitrogens with one attached hydrogen (secondary N) is 1. The fraction of sp³-hybridized carbons (Fsp3) is 0.312. The number of hydrogen-bond donors (Lipinski definition) is 3. The summed E-state index contributed by atoms with van der Waals surface area (Å²) in [6, 6.07) is 8.51. The molecule has 3 N–H and O–H groups in total. The number of thiophene rings is 1. The second-order valence-electron chi connectivity index (χ2n) is 5.52. The van der Waals surface area contributed by atoms with E-state index in [0.29, 0.717) is 12.1 Å². The molecule has 0 radical (unpaired) electrons. The molecule has 0 spiro atoms. The number of carbonyl (C=O) groups is 1. The number of hydrogen-bond acceptors (Lipinski definition) is 4. The van der Waals surface area contributed by atoms with Gasteiger partial charge in [0.1, 0.15) is 0 Å². The van der Waals surface area contributed by atoms with E-state index in [1.54, 1.807) is 12.1 Å². The second-order valence-corrected chi connectivity index (χ2v) is 6.69. The van der Waals surface area contributed by atoms with Crippen molar-refractivity contribution in [3.63, 3.8) is 0 Å². The number of carboxylic acids is 1. The first-order chi connectivity index (χ1) is 11.1. The second kappa shape index (κ2) is 6.92. The van der Waals surface area contributed by atoms with Crippen molar-refractivity contribution in [1.82, 2.24) is 5.32 Å².